The summed E-state index contributed by atoms with van der Waals surface area (Å²) in [5, 5.41) is 0. The molecule has 0 spiro atoms. The zero-order chi connectivity index (χ0) is 7.98. The van der Waals surface area contributed by atoms with Crippen LogP contribution in [-0.2, 0) is 4.74 Å². The second-order valence-corrected chi connectivity index (χ2v) is 1.40. The van der Waals surface area contributed by atoms with Crippen LogP contribution in [0.1, 0.15) is 0 Å². The predicted molar refractivity (Wildman–Crippen MR) is 37.8 cm³/mol. The number of hydrogen-bond acceptors (Lipinski definition) is 3. The van der Waals surface area contributed by atoms with Gasteiger partial charge in [0.15, 0.2) is 0 Å². The Bertz CT molecular complexity index is 154. The fraction of sp³-hybridized carbons (Fsp3) is 0.167. The molecular formula is C6H10N2O2. The van der Waals surface area contributed by atoms with Crippen LogP contribution >= 0.6 is 0 Å². The SMILES string of the molecule is C=CN(/C=C\N)C(=O)OC. The maximum atomic E-state index is 10.7. The maximum Gasteiger partial charge on any atom is 0.417 e. The van der Waals surface area contributed by atoms with Crippen LogP contribution in [0.5, 0.6) is 0 Å². The molecule has 10 heavy (non-hydrogen) atoms. The molecule has 0 bridgehead atoms. The van der Waals surface area contributed by atoms with Crippen molar-refractivity contribution in [1.82, 2.24) is 4.90 Å². The summed E-state index contributed by atoms with van der Waals surface area (Å²) in [6, 6.07) is 0. The van der Waals surface area contributed by atoms with Crippen LogP contribution in [0.2, 0.25) is 0 Å². The quantitative estimate of drug-likeness (QED) is 0.615. The molecule has 1 amide bonds. The summed E-state index contributed by atoms with van der Waals surface area (Å²) in [5.41, 5.74) is 5.02. The zero-order valence-electron chi connectivity index (χ0n) is 5.78. The highest BCUT2D eigenvalue weighted by Crippen LogP contribution is 1.92. The Hall–Kier alpha value is -1.45. The number of ether oxygens (including phenoxy) is 1. The van der Waals surface area contributed by atoms with Crippen molar-refractivity contribution in [3.05, 3.63) is 25.2 Å². The van der Waals surface area contributed by atoms with Crippen LogP contribution in [0.4, 0.5) is 4.79 Å². The molecule has 0 saturated heterocycles. The molecule has 0 aliphatic carbocycles. The fourth-order valence-electron chi connectivity index (χ4n) is 0.394. The Morgan fingerprint density at radius 3 is 2.70 bits per heavy atom. The van der Waals surface area contributed by atoms with Crippen molar-refractivity contribution in [1.29, 1.82) is 0 Å². The van der Waals surface area contributed by atoms with Crippen LogP contribution in [-0.4, -0.2) is 18.1 Å². The van der Waals surface area contributed by atoms with Gasteiger partial charge in [0.2, 0.25) is 0 Å². The van der Waals surface area contributed by atoms with Gasteiger partial charge >= 0.3 is 6.09 Å². The molecule has 56 valence electrons. The zero-order valence-corrected chi connectivity index (χ0v) is 5.78. The average Bonchev–Trinajstić information content (AvgIpc) is 1.99. The molecule has 0 aliphatic heterocycles. The van der Waals surface area contributed by atoms with E-state index in [0.717, 1.165) is 4.90 Å². The Morgan fingerprint density at radius 2 is 2.40 bits per heavy atom. The number of carbonyl (C=O) groups excluding carboxylic acids is 1. The van der Waals surface area contributed by atoms with Crippen LogP contribution < -0.4 is 5.73 Å². The third kappa shape index (κ3) is 2.21. The molecule has 0 aliphatic rings. The standard InChI is InChI=1S/C6H10N2O2/c1-3-8(5-4-7)6(9)10-2/h3-5H,1,7H2,2H3/b5-4-. The molecule has 0 radical (unpaired) electrons. The van der Waals surface area contributed by atoms with Crippen LogP contribution in [0.15, 0.2) is 25.2 Å². The molecular weight excluding hydrogens is 132 g/mol. The molecule has 0 aromatic carbocycles. The predicted octanol–water partition coefficient (Wildman–Crippen LogP) is 0.628. The smallest absolute Gasteiger partial charge is 0.417 e. The second-order valence-electron chi connectivity index (χ2n) is 1.40. The van der Waals surface area contributed by atoms with Gasteiger partial charge in [0, 0.05) is 18.6 Å². The van der Waals surface area contributed by atoms with E-state index >= 15 is 0 Å². The number of amides is 1. The van der Waals surface area contributed by atoms with Gasteiger partial charge in [-0.25, -0.2) is 4.79 Å². The molecule has 0 rings (SSSR count). The van der Waals surface area contributed by atoms with Crippen molar-refractivity contribution in [2.45, 2.75) is 0 Å². The molecule has 0 aromatic heterocycles. The van der Waals surface area contributed by atoms with Gasteiger partial charge in [0.25, 0.3) is 0 Å². The molecule has 4 heteroatoms. The third-order valence-corrected chi connectivity index (χ3v) is 0.829. The highest BCUT2D eigenvalue weighted by molar-refractivity contribution is 5.69. The van der Waals surface area contributed by atoms with Crippen molar-refractivity contribution in [3.63, 3.8) is 0 Å². The molecule has 0 saturated carbocycles. The lowest BCUT2D eigenvalue weighted by Gasteiger charge is -2.08. The molecule has 0 unspecified atom stereocenters. The van der Waals surface area contributed by atoms with E-state index in [2.05, 4.69) is 11.3 Å². The Morgan fingerprint density at radius 1 is 1.80 bits per heavy atom. The average molecular weight is 142 g/mol. The Labute approximate surface area is 59.6 Å². The first-order valence-corrected chi connectivity index (χ1v) is 2.63. The van der Waals surface area contributed by atoms with Gasteiger partial charge in [-0.05, 0) is 0 Å². The van der Waals surface area contributed by atoms with E-state index in [1.165, 1.54) is 25.7 Å². The maximum absolute atomic E-state index is 10.7. The molecule has 2 N–H and O–H groups in total. The van der Waals surface area contributed by atoms with Gasteiger partial charge in [-0.3, -0.25) is 4.90 Å². The fourth-order valence-corrected chi connectivity index (χ4v) is 0.394. The minimum Gasteiger partial charge on any atom is -0.452 e. The summed E-state index contributed by atoms with van der Waals surface area (Å²) < 4.78 is 4.36. The van der Waals surface area contributed by atoms with E-state index in [1.54, 1.807) is 0 Å². The molecule has 0 fully saturated rings. The molecule has 4 nitrogen and oxygen atoms in total. The number of carbonyl (C=O) groups is 1. The van der Waals surface area contributed by atoms with Crippen LogP contribution in [0, 0.1) is 0 Å². The van der Waals surface area contributed by atoms with Crippen molar-refractivity contribution in [3.8, 4) is 0 Å². The lowest BCUT2D eigenvalue weighted by atomic mass is 10.7. The van der Waals surface area contributed by atoms with Crippen LogP contribution in [0.25, 0.3) is 0 Å². The number of nitrogens with zero attached hydrogens (tertiary/aromatic N) is 1. The minimum atomic E-state index is -0.517. The third-order valence-electron chi connectivity index (χ3n) is 0.829. The first kappa shape index (κ1) is 8.55. The molecule has 0 atom stereocenters. The highest BCUT2D eigenvalue weighted by atomic mass is 16.5. The Kier molecular flexibility index (Phi) is 3.79. The number of rotatable bonds is 2. The first-order chi connectivity index (χ1) is 4.76. The van der Waals surface area contributed by atoms with E-state index in [9.17, 15) is 4.79 Å². The second kappa shape index (κ2) is 4.43. The topological polar surface area (TPSA) is 55.6 Å². The van der Waals surface area contributed by atoms with Crippen molar-refractivity contribution >= 4 is 6.09 Å². The van der Waals surface area contributed by atoms with Crippen molar-refractivity contribution < 1.29 is 9.53 Å². The largest absolute Gasteiger partial charge is 0.452 e. The summed E-state index contributed by atoms with van der Waals surface area (Å²) in [4.78, 5) is 11.8. The lowest BCUT2D eigenvalue weighted by Crippen LogP contribution is -2.19. The lowest BCUT2D eigenvalue weighted by molar-refractivity contribution is 0.152. The number of methoxy groups -OCH3 is 1. The van der Waals surface area contributed by atoms with Crippen molar-refractivity contribution in [2.24, 2.45) is 5.73 Å². The molecule has 0 heterocycles. The van der Waals surface area contributed by atoms with Gasteiger partial charge < -0.3 is 10.5 Å². The Balaban J connectivity index is 4.06. The monoisotopic (exact) mass is 142 g/mol. The van der Waals surface area contributed by atoms with Crippen LogP contribution in [0.3, 0.4) is 0 Å². The number of nitrogens with two attached hydrogens (primary N) is 1. The van der Waals surface area contributed by atoms with E-state index in [1.807, 2.05) is 0 Å². The van der Waals surface area contributed by atoms with E-state index in [4.69, 9.17) is 5.73 Å². The van der Waals surface area contributed by atoms with Gasteiger partial charge in [-0.1, -0.05) is 6.58 Å². The van der Waals surface area contributed by atoms with E-state index in [-0.39, 0.29) is 0 Å². The highest BCUT2D eigenvalue weighted by Gasteiger charge is 2.03. The summed E-state index contributed by atoms with van der Waals surface area (Å²) in [6.07, 6.45) is 3.35. The normalized spacial score (nSPS) is 9.30. The van der Waals surface area contributed by atoms with Gasteiger partial charge in [0.05, 0.1) is 7.11 Å². The van der Waals surface area contributed by atoms with Gasteiger partial charge in [-0.15, -0.1) is 0 Å². The minimum absolute atomic E-state index is 0.517. The summed E-state index contributed by atoms with van der Waals surface area (Å²) >= 11 is 0. The summed E-state index contributed by atoms with van der Waals surface area (Å²) in [6.45, 7) is 3.37. The van der Waals surface area contributed by atoms with Gasteiger partial charge in [0.1, 0.15) is 0 Å². The van der Waals surface area contributed by atoms with Gasteiger partial charge in [-0.2, -0.15) is 0 Å². The summed E-state index contributed by atoms with van der Waals surface area (Å²) in [7, 11) is 1.28. The number of hydrogen-bond donors (Lipinski definition) is 1. The summed E-state index contributed by atoms with van der Waals surface area (Å²) in [5.74, 6) is 0. The van der Waals surface area contributed by atoms with Crippen molar-refractivity contribution in [2.75, 3.05) is 7.11 Å². The van der Waals surface area contributed by atoms with E-state index in [0.29, 0.717) is 0 Å². The first-order valence-electron chi connectivity index (χ1n) is 2.63. The van der Waals surface area contributed by atoms with E-state index < -0.39 is 6.09 Å². The molecule has 0 aromatic rings.